The summed E-state index contributed by atoms with van der Waals surface area (Å²) in [6.45, 7) is 3.66. The van der Waals surface area contributed by atoms with Gasteiger partial charge in [0.25, 0.3) is 0 Å². The van der Waals surface area contributed by atoms with E-state index in [0.717, 1.165) is 43.4 Å². The van der Waals surface area contributed by atoms with Crippen LogP contribution < -0.4 is 4.90 Å². The van der Waals surface area contributed by atoms with Gasteiger partial charge < -0.3 is 9.64 Å². The lowest BCUT2D eigenvalue weighted by Crippen LogP contribution is -2.48. The van der Waals surface area contributed by atoms with Crippen LogP contribution in [0.5, 0.6) is 0 Å². The topological polar surface area (TPSA) is 58.6 Å². The van der Waals surface area contributed by atoms with Gasteiger partial charge in [-0.05, 0) is 6.07 Å². The molecular formula is C17H20N4O2. The van der Waals surface area contributed by atoms with Crippen LogP contribution in [0.25, 0.3) is 11.4 Å². The molecule has 0 spiro atoms. The molecule has 0 unspecified atom stereocenters. The van der Waals surface area contributed by atoms with Crippen molar-refractivity contribution in [2.45, 2.75) is 0 Å². The summed E-state index contributed by atoms with van der Waals surface area (Å²) in [7, 11) is 1.42. The van der Waals surface area contributed by atoms with Gasteiger partial charge in [0.15, 0.2) is 5.82 Å². The van der Waals surface area contributed by atoms with E-state index in [1.165, 1.54) is 7.11 Å². The number of aromatic nitrogens is 2. The van der Waals surface area contributed by atoms with E-state index in [0.29, 0.717) is 6.54 Å². The predicted octanol–water partition coefficient (Wildman–Crippen LogP) is 1.44. The van der Waals surface area contributed by atoms with Crippen LogP contribution >= 0.6 is 0 Å². The Morgan fingerprint density at radius 1 is 1.13 bits per heavy atom. The number of anilines is 1. The van der Waals surface area contributed by atoms with E-state index in [2.05, 4.69) is 19.8 Å². The molecule has 1 aliphatic rings. The van der Waals surface area contributed by atoms with Gasteiger partial charge in [0.2, 0.25) is 0 Å². The molecule has 3 rings (SSSR count). The van der Waals surface area contributed by atoms with Crippen LogP contribution in [0, 0.1) is 0 Å². The minimum atomic E-state index is -0.188. The molecule has 0 bridgehead atoms. The van der Waals surface area contributed by atoms with Crippen LogP contribution in [0.4, 0.5) is 5.82 Å². The highest BCUT2D eigenvalue weighted by Crippen LogP contribution is 2.19. The van der Waals surface area contributed by atoms with Gasteiger partial charge in [-0.1, -0.05) is 30.3 Å². The van der Waals surface area contributed by atoms with Crippen molar-refractivity contribution in [2.24, 2.45) is 0 Å². The molecule has 2 heterocycles. The Labute approximate surface area is 135 Å². The van der Waals surface area contributed by atoms with Crippen molar-refractivity contribution in [1.29, 1.82) is 0 Å². The fourth-order valence-electron chi connectivity index (χ4n) is 2.63. The molecule has 2 aromatic rings. The summed E-state index contributed by atoms with van der Waals surface area (Å²) in [6.07, 6.45) is 1.80. The van der Waals surface area contributed by atoms with Gasteiger partial charge in [0, 0.05) is 37.9 Å². The van der Waals surface area contributed by atoms with Crippen molar-refractivity contribution in [1.82, 2.24) is 14.9 Å². The molecule has 23 heavy (non-hydrogen) atoms. The zero-order valence-electron chi connectivity index (χ0n) is 13.2. The van der Waals surface area contributed by atoms with Gasteiger partial charge in [-0.25, -0.2) is 9.97 Å². The lowest BCUT2D eigenvalue weighted by Gasteiger charge is -2.34. The van der Waals surface area contributed by atoms with Crippen LogP contribution in [0.3, 0.4) is 0 Å². The van der Waals surface area contributed by atoms with E-state index in [4.69, 9.17) is 4.74 Å². The number of nitrogens with zero attached hydrogens (tertiary/aromatic N) is 4. The minimum Gasteiger partial charge on any atom is -0.468 e. The van der Waals surface area contributed by atoms with Crippen LogP contribution in [0.15, 0.2) is 42.6 Å². The lowest BCUT2D eigenvalue weighted by molar-refractivity contribution is -0.142. The molecule has 0 atom stereocenters. The summed E-state index contributed by atoms with van der Waals surface area (Å²) in [5.41, 5.74) is 1.01. The molecule has 6 heteroatoms. The number of methoxy groups -OCH3 is 1. The lowest BCUT2D eigenvalue weighted by atomic mass is 10.2. The smallest absolute Gasteiger partial charge is 0.319 e. The molecule has 1 aromatic heterocycles. The van der Waals surface area contributed by atoms with Gasteiger partial charge >= 0.3 is 5.97 Å². The SMILES string of the molecule is COC(=O)CN1CCN(c2ccnc(-c3ccccc3)n2)CC1. The molecule has 1 aromatic carbocycles. The maximum atomic E-state index is 11.3. The monoisotopic (exact) mass is 312 g/mol. The van der Waals surface area contributed by atoms with Gasteiger partial charge in [0.1, 0.15) is 5.82 Å². The molecule has 6 nitrogen and oxygen atoms in total. The molecule has 0 amide bonds. The third-order valence-corrected chi connectivity index (χ3v) is 3.95. The second-order valence-electron chi connectivity index (χ2n) is 5.44. The summed E-state index contributed by atoms with van der Waals surface area (Å²) in [4.78, 5) is 24.7. The van der Waals surface area contributed by atoms with E-state index in [1.807, 2.05) is 36.4 Å². The molecule has 0 N–H and O–H groups in total. The Bertz CT molecular complexity index is 655. The third-order valence-electron chi connectivity index (χ3n) is 3.95. The van der Waals surface area contributed by atoms with E-state index < -0.39 is 0 Å². The largest absolute Gasteiger partial charge is 0.468 e. The highest BCUT2D eigenvalue weighted by Gasteiger charge is 2.20. The Hall–Kier alpha value is -2.47. The van der Waals surface area contributed by atoms with Crippen molar-refractivity contribution < 1.29 is 9.53 Å². The molecule has 120 valence electrons. The molecule has 1 saturated heterocycles. The maximum Gasteiger partial charge on any atom is 0.319 e. The highest BCUT2D eigenvalue weighted by molar-refractivity contribution is 5.71. The fourth-order valence-corrected chi connectivity index (χ4v) is 2.63. The summed E-state index contributed by atoms with van der Waals surface area (Å²) >= 11 is 0. The third kappa shape index (κ3) is 3.84. The zero-order chi connectivity index (χ0) is 16.1. The first-order valence-corrected chi connectivity index (χ1v) is 7.69. The predicted molar refractivity (Wildman–Crippen MR) is 88.1 cm³/mol. The average Bonchev–Trinajstić information content (AvgIpc) is 2.63. The zero-order valence-corrected chi connectivity index (χ0v) is 13.2. The summed E-state index contributed by atoms with van der Waals surface area (Å²) in [5, 5.41) is 0. The van der Waals surface area contributed by atoms with Crippen molar-refractivity contribution in [2.75, 3.05) is 44.7 Å². The fraction of sp³-hybridized carbons (Fsp3) is 0.353. The highest BCUT2D eigenvalue weighted by atomic mass is 16.5. The second kappa shape index (κ2) is 7.19. The standard InChI is InChI=1S/C17H20N4O2/c1-23-16(22)13-20-9-11-21(12-10-20)15-7-8-18-17(19-15)14-5-3-2-4-6-14/h2-8H,9-13H2,1H3. The van der Waals surface area contributed by atoms with Gasteiger partial charge in [-0.2, -0.15) is 0 Å². The molecule has 1 fully saturated rings. The van der Waals surface area contributed by atoms with E-state index >= 15 is 0 Å². The first-order valence-electron chi connectivity index (χ1n) is 7.69. The van der Waals surface area contributed by atoms with Gasteiger partial charge in [0.05, 0.1) is 13.7 Å². The molecule has 0 aliphatic carbocycles. The van der Waals surface area contributed by atoms with Gasteiger partial charge in [-0.3, -0.25) is 9.69 Å². The number of hydrogen-bond donors (Lipinski definition) is 0. The molecule has 0 radical (unpaired) electrons. The van der Waals surface area contributed by atoms with Crippen molar-refractivity contribution >= 4 is 11.8 Å². The number of benzene rings is 1. The van der Waals surface area contributed by atoms with Crippen LogP contribution in [0.2, 0.25) is 0 Å². The van der Waals surface area contributed by atoms with E-state index in [9.17, 15) is 4.79 Å². The number of ether oxygens (including phenoxy) is 1. The van der Waals surface area contributed by atoms with Crippen LogP contribution in [-0.2, 0) is 9.53 Å². The van der Waals surface area contributed by atoms with Crippen LogP contribution in [-0.4, -0.2) is 60.7 Å². The Morgan fingerprint density at radius 3 is 2.57 bits per heavy atom. The number of hydrogen-bond acceptors (Lipinski definition) is 6. The minimum absolute atomic E-state index is 0.188. The summed E-state index contributed by atoms with van der Waals surface area (Å²) in [5.74, 6) is 1.48. The van der Waals surface area contributed by atoms with Gasteiger partial charge in [-0.15, -0.1) is 0 Å². The summed E-state index contributed by atoms with van der Waals surface area (Å²) in [6, 6.07) is 11.9. The number of carbonyl (C=O) groups excluding carboxylic acids is 1. The first kappa shape index (κ1) is 15.4. The molecule has 0 saturated carbocycles. The van der Waals surface area contributed by atoms with Crippen molar-refractivity contribution in [3.05, 3.63) is 42.6 Å². The molecule has 1 aliphatic heterocycles. The van der Waals surface area contributed by atoms with Crippen molar-refractivity contribution in [3.63, 3.8) is 0 Å². The molecular weight excluding hydrogens is 292 g/mol. The van der Waals surface area contributed by atoms with E-state index in [-0.39, 0.29) is 5.97 Å². The average molecular weight is 312 g/mol. The Morgan fingerprint density at radius 2 is 1.87 bits per heavy atom. The number of carbonyl (C=O) groups is 1. The summed E-state index contributed by atoms with van der Waals surface area (Å²) < 4.78 is 4.71. The second-order valence-corrected chi connectivity index (χ2v) is 5.44. The Kier molecular flexibility index (Phi) is 4.83. The van der Waals surface area contributed by atoms with Crippen LogP contribution in [0.1, 0.15) is 0 Å². The Balaban J connectivity index is 1.66. The number of rotatable bonds is 4. The number of esters is 1. The van der Waals surface area contributed by atoms with Crippen molar-refractivity contribution in [3.8, 4) is 11.4 Å². The first-order chi connectivity index (χ1) is 11.3. The maximum absolute atomic E-state index is 11.3. The van der Waals surface area contributed by atoms with E-state index in [1.54, 1.807) is 6.20 Å². The number of piperazine rings is 1. The normalized spacial score (nSPS) is 15.4. The quantitative estimate of drug-likeness (QED) is 0.796.